The quantitative estimate of drug-likeness (QED) is 0.505. The topological polar surface area (TPSA) is 68.0 Å². The lowest BCUT2D eigenvalue weighted by Gasteiger charge is -2.18. The lowest BCUT2D eigenvalue weighted by Crippen LogP contribution is -2.17. The minimum atomic E-state index is -4.96. The van der Waals surface area contributed by atoms with Crippen molar-refractivity contribution >= 4 is 17.6 Å². The van der Waals surface area contributed by atoms with Crippen molar-refractivity contribution in [2.75, 3.05) is 0 Å². The van der Waals surface area contributed by atoms with Crippen molar-refractivity contribution in [2.45, 2.75) is 25.8 Å². The van der Waals surface area contributed by atoms with Gasteiger partial charge in [0.15, 0.2) is 5.69 Å². The number of aryl methyl sites for hydroxylation is 1. The molecule has 0 aliphatic heterocycles. The minimum absolute atomic E-state index is 0.0389. The van der Waals surface area contributed by atoms with E-state index in [-0.39, 0.29) is 22.1 Å². The Morgan fingerprint density at radius 2 is 1.77 bits per heavy atom. The smallest absolute Gasteiger partial charge is 0.416 e. The van der Waals surface area contributed by atoms with Gasteiger partial charge in [0, 0.05) is 18.0 Å². The predicted octanol–water partition coefficient (Wildman–Crippen LogP) is 5.69. The number of alkyl halides is 6. The third-order valence-corrected chi connectivity index (χ3v) is 4.58. The Hall–Kier alpha value is -3.08. The SMILES string of the molecule is Cc1nc(-c2cncc(Cl)c2)n(Cc2cc(C(F)(F)F)ccc2C(F)(F)F)c1C(=O)O. The number of rotatable bonds is 4. The lowest BCUT2D eigenvalue weighted by atomic mass is 10.0. The number of carboxylic acid groups (broad SMARTS) is 1. The van der Waals surface area contributed by atoms with Crippen molar-refractivity contribution in [3.63, 3.8) is 0 Å². The standard InChI is InChI=1S/C19H12ClF6N3O2/c1-9-15(17(30)31)29(16(28-9)10-5-13(20)7-27-6-10)8-11-4-12(18(21,22)23)2-3-14(11)19(24,25)26/h2-7H,8H2,1H3,(H,30,31). The largest absolute Gasteiger partial charge is 0.477 e. The summed E-state index contributed by atoms with van der Waals surface area (Å²) in [4.78, 5) is 19.7. The van der Waals surface area contributed by atoms with Crippen molar-refractivity contribution < 1.29 is 36.2 Å². The van der Waals surface area contributed by atoms with E-state index in [9.17, 15) is 36.2 Å². The molecule has 0 radical (unpaired) electrons. The zero-order valence-corrected chi connectivity index (χ0v) is 16.3. The van der Waals surface area contributed by atoms with Gasteiger partial charge >= 0.3 is 18.3 Å². The highest BCUT2D eigenvalue weighted by atomic mass is 35.5. The monoisotopic (exact) mass is 463 g/mol. The Bertz CT molecular complexity index is 1150. The molecular weight excluding hydrogens is 452 g/mol. The molecule has 31 heavy (non-hydrogen) atoms. The van der Waals surface area contributed by atoms with Gasteiger partial charge in [-0.3, -0.25) is 4.98 Å². The van der Waals surface area contributed by atoms with Crippen LogP contribution in [0.4, 0.5) is 26.3 Å². The third kappa shape index (κ3) is 4.66. The summed E-state index contributed by atoms with van der Waals surface area (Å²) in [5, 5.41) is 9.70. The first-order valence-corrected chi connectivity index (χ1v) is 8.85. The molecule has 0 fully saturated rings. The van der Waals surface area contributed by atoms with Crippen molar-refractivity contribution in [1.29, 1.82) is 0 Å². The van der Waals surface area contributed by atoms with Crippen LogP contribution in [0.5, 0.6) is 0 Å². The summed E-state index contributed by atoms with van der Waals surface area (Å²) in [6.45, 7) is 0.487. The zero-order valence-electron chi connectivity index (χ0n) is 15.5. The summed E-state index contributed by atoms with van der Waals surface area (Å²) >= 11 is 5.88. The summed E-state index contributed by atoms with van der Waals surface area (Å²) < 4.78 is 80.7. The van der Waals surface area contributed by atoms with Gasteiger partial charge in [0.05, 0.1) is 28.4 Å². The molecule has 0 unspecified atom stereocenters. The third-order valence-electron chi connectivity index (χ3n) is 4.37. The number of hydrogen-bond acceptors (Lipinski definition) is 3. The molecule has 0 spiro atoms. The van der Waals surface area contributed by atoms with E-state index >= 15 is 0 Å². The number of hydrogen-bond donors (Lipinski definition) is 1. The molecule has 5 nitrogen and oxygen atoms in total. The average molecular weight is 464 g/mol. The second-order valence-corrected chi connectivity index (χ2v) is 6.96. The first-order valence-electron chi connectivity index (χ1n) is 8.47. The number of nitrogens with zero attached hydrogens (tertiary/aromatic N) is 3. The van der Waals surface area contributed by atoms with Gasteiger partial charge in [-0.15, -0.1) is 0 Å². The fourth-order valence-corrected chi connectivity index (χ4v) is 3.27. The maximum atomic E-state index is 13.5. The molecule has 2 aromatic heterocycles. The number of imidazole rings is 1. The predicted molar refractivity (Wildman–Crippen MR) is 97.7 cm³/mol. The molecule has 3 aromatic rings. The molecular formula is C19H12ClF6N3O2. The Labute approximate surface area is 175 Å². The lowest BCUT2D eigenvalue weighted by molar-refractivity contribution is -0.141. The molecule has 0 bridgehead atoms. The number of aromatic nitrogens is 3. The first-order chi connectivity index (χ1) is 14.3. The molecule has 0 saturated heterocycles. The van der Waals surface area contributed by atoms with Gasteiger partial charge in [0.2, 0.25) is 0 Å². The van der Waals surface area contributed by atoms with Gasteiger partial charge in [-0.1, -0.05) is 11.6 Å². The molecule has 164 valence electrons. The maximum absolute atomic E-state index is 13.5. The molecule has 3 rings (SSSR count). The van der Waals surface area contributed by atoms with Gasteiger partial charge in [-0.2, -0.15) is 26.3 Å². The van der Waals surface area contributed by atoms with E-state index in [1.165, 1.54) is 25.4 Å². The second-order valence-electron chi connectivity index (χ2n) is 6.52. The van der Waals surface area contributed by atoms with Gasteiger partial charge < -0.3 is 9.67 Å². The minimum Gasteiger partial charge on any atom is -0.477 e. The molecule has 1 aromatic carbocycles. The number of carbonyl (C=O) groups is 1. The van der Waals surface area contributed by atoms with Gasteiger partial charge in [-0.05, 0) is 36.8 Å². The Morgan fingerprint density at radius 3 is 2.32 bits per heavy atom. The number of pyridine rings is 1. The van der Waals surface area contributed by atoms with Crippen LogP contribution in [0, 0.1) is 6.92 Å². The van der Waals surface area contributed by atoms with Crippen molar-refractivity contribution in [2.24, 2.45) is 0 Å². The Morgan fingerprint density at radius 1 is 1.10 bits per heavy atom. The zero-order chi connectivity index (χ0) is 23.1. The first kappa shape index (κ1) is 22.6. The second kappa shape index (κ2) is 7.88. The van der Waals surface area contributed by atoms with Crippen molar-refractivity contribution in [1.82, 2.24) is 14.5 Å². The fraction of sp³-hybridized carbons (Fsp3) is 0.211. The average Bonchev–Trinajstić information content (AvgIpc) is 2.96. The molecule has 0 amide bonds. The van der Waals surface area contributed by atoms with Gasteiger partial charge in [0.25, 0.3) is 0 Å². The molecule has 0 saturated carbocycles. The van der Waals surface area contributed by atoms with Crippen LogP contribution in [0.15, 0.2) is 36.7 Å². The summed E-state index contributed by atoms with van der Waals surface area (Å²) in [7, 11) is 0. The number of benzene rings is 1. The van der Waals surface area contributed by atoms with E-state index < -0.39 is 47.3 Å². The van der Waals surface area contributed by atoms with Crippen LogP contribution >= 0.6 is 11.6 Å². The van der Waals surface area contributed by atoms with Crippen LogP contribution in [0.3, 0.4) is 0 Å². The van der Waals surface area contributed by atoms with Crippen molar-refractivity contribution in [3.05, 3.63) is 69.8 Å². The van der Waals surface area contributed by atoms with E-state index in [0.717, 1.165) is 4.57 Å². The summed E-state index contributed by atoms with van der Waals surface area (Å²) in [6, 6.07) is 2.35. The normalized spacial score (nSPS) is 12.3. The maximum Gasteiger partial charge on any atom is 0.416 e. The highest BCUT2D eigenvalue weighted by Crippen LogP contribution is 2.37. The molecule has 0 aliphatic carbocycles. The van der Waals surface area contributed by atoms with Gasteiger partial charge in [-0.25, -0.2) is 9.78 Å². The highest BCUT2D eigenvalue weighted by molar-refractivity contribution is 6.30. The molecule has 1 N–H and O–H groups in total. The van der Waals surface area contributed by atoms with Crippen LogP contribution in [-0.2, 0) is 18.9 Å². The summed E-state index contributed by atoms with van der Waals surface area (Å²) in [5.41, 5.74) is -3.71. The highest BCUT2D eigenvalue weighted by Gasteiger charge is 2.37. The van der Waals surface area contributed by atoms with E-state index in [1.54, 1.807) is 0 Å². The molecule has 0 aliphatic rings. The molecule has 2 heterocycles. The fourth-order valence-electron chi connectivity index (χ4n) is 3.10. The number of aromatic carboxylic acids is 1. The molecule has 0 atom stereocenters. The van der Waals surface area contributed by atoms with Crippen LogP contribution in [-0.4, -0.2) is 25.6 Å². The Balaban J connectivity index is 2.26. The van der Waals surface area contributed by atoms with E-state index in [1.807, 2.05) is 0 Å². The summed E-state index contributed by atoms with van der Waals surface area (Å²) in [6.07, 6.45) is -7.32. The van der Waals surface area contributed by atoms with Crippen LogP contribution in [0.2, 0.25) is 5.02 Å². The Kier molecular flexibility index (Phi) is 5.74. The van der Waals surface area contributed by atoms with E-state index in [2.05, 4.69) is 9.97 Å². The van der Waals surface area contributed by atoms with Crippen LogP contribution < -0.4 is 0 Å². The molecule has 12 heteroatoms. The van der Waals surface area contributed by atoms with Gasteiger partial charge in [0.1, 0.15) is 5.82 Å². The van der Waals surface area contributed by atoms with E-state index in [4.69, 9.17) is 11.6 Å². The number of halogens is 7. The van der Waals surface area contributed by atoms with Crippen molar-refractivity contribution in [3.8, 4) is 11.4 Å². The summed E-state index contributed by atoms with van der Waals surface area (Å²) in [5.74, 6) is -1.61. The van der Waals surface area contributed by atoms with Crippen LogP contribution in [0.25, 0.3) is 11.4 Å². The number of carboxylic acids is 1. The van der Waals surface area contributed by atoms with Crippen LogP contribution in [0.1, 0.15) is 32.9 Å². The van der Waals surface area contributed by atoms with E-state index in [0.29, 0.717) is 18.2 Å².